The number of carbonyl (C=O) groups is 1. The van der Waals surface area contributed by atoms with Crippen LogP contribution >= 0.6 is 0 Å². The predicted octanol–water partition coefficient (Wildman–Crippen LogP) is 4.28. The summed E-state index contributed by atoms with van der Waals surface area (Å²) in [6.07, 6.45) is 5.38. The van der Waals surface area contributed by atoms with E-state index in [1.807, 2.05) is 25.1 Å². The highest BCUT2D eigenvalue weighted by atomic mass is 32.2. The van der Waals surface area contributed by atoms with E-state index in [0.717, 1.165) is 53.4 Å². The molecular weight excluding hydrogens is 422 g/mol. The molecule has 32 heavy (non-hydrogen) atoms. The third-order valence-electron chi connectivity index (χ3n) is 5.66. The van der Waals surface area contributed by atoms with Gasteiger partial charge < -0.3 is 5.32 Å². The lowest BCUT2D eigenvalue weighted by Gasteiger charge is -2.20. The van der Waals surface area contributed by atoms with Crippen molar-refractivity contribution >= 4 is 32.5 Å². The van der Waals surface area contributed by atoms with Gasteiger partial charge in [-0.25, -0.2) is 13.1 Å². The number of carbonyl (C=O) groups excluding carboxylic acids is 1. The van der Waals surface area contributed by atoms with Crippen LogP contribution in [0.25, 0.3) is 10.9 Å². The molecule has 0 saturated heterocycles. The number of aromatic nitrogens is 1. The maximum atomic E-state index is 13.4. The van der Waals surface area contributed by atoms with Crippen molar-refractivity contribution < 1.29 is 13.2 Å². The van der Waals surface area contributed by atoms with Gasteiger partial charge >= 0.3 is 0 Å². The molecule has 7 heteroatoms. The fraction of sp³-hybridized carbons (Fsp3) is 0.280. The van der Waals surface area contributed by atoms with Crippen molar-refractivity contribution in [2.45, 2.75) is 38.4 Å². The molecule has 1 aliphatic rings. The van der Waals surface area contributed by atoms with Crippen LogP contribution < -0.4 is 10.0 Å². The van der Waals surface area contributed by atoms with Gasteiger partial charge in [0, 0.05) is 23.3 Å². The number of aryl methyl sites for hydroxylation is 2. The Labute approximate surface area is 188 Å². The van der Waals surface area contributed by atoms with Crippen LogP contribution in [-0.2, 0) is 28.6 Å². The van der Waals surface area contributed by atoms with Crippen LogP contribution in [0.4, 0.5) is 5.69 Å². The average Bonchev–Trinajstić information content (AvgIpc) is 2.77. The topological polar surface area (TPSA) is 88.2 Å². The fourth-order valence-electron chi connectivity index (χ4n) is 4.13. The number of rotatable bonds is 7. The highest BCUT2D eigenvalue weighted by Gasteiger charge is 2.23. The van der Waals surface area contributed by atoms with Crippen molar-refractivity contribution in [2.24, 2.45) is 0 Å². The summed E-state index contributed by atoms with van der Waals surface area (Å²) in [5.41, 5.74) is 5.95. The van der Waals surface area contributed by atoms with E-state index in [4.69, 9.17) is 4.98 Å². The molecule has 166 valence electrons. The number of nitrogens with zero attached hydrogens (tertiary/aromatic N) is 1. The summed E-state index contributed by atoms with van der Waals surface area (Å²) in [4.78, 5) is 18.2. The Hall–Kier alpha value is -3.03. The molecule has 2 aromatic carbocycles. The first-order chi connectivity index (χ1) is 15.4. The maximum absolute atomic E-state index is 13.4. The highest BCUT2D eigenvalue weighted by molar-refractivity contribution is 7.88. The average molecular weight is 450 g/mol. The number of pyridine rings is 1. The lowest BCUT2D eigenvalue weighted by atomic mass is 9.89. The molecule has 3 aromatic rings. The summed E-state index contributed by atoms with van der Waals surface area (Å²) in [5, 5.41) is 3.87. The normalized spacial score (nSPS) is 13.5. The summed E-state index contributed by atoms with van der Waals surface area (Å²) in [5.74, 6) is -0.286. The number of anilines is 1. The molecule has 0 spiro atoms. The summed E-state index contributed by atoms with van der Waals surface area (Å²) >= 11 is 0. The van der Waals surface area contributed by atoms with E-state index in [2.05, 4.69) is 16.6 Å². The van der Waals surface area contributed by atoms with Crippen molar-refractivity contribution in [3.8, 4) is 0 Å². The largest absolute Gasteiger partial charge is 0.322 e. The second kappa shape index (κ2) is 9.22. The Morgan fingerprint density at radius 2 is 1.88 bits per heavy atom. The van der Waals surface area contributed by atoms with E-state index < -0.39 is 10.0 Å². The standard InChI is InChI=1S/C25H27N3O3S/c1-3-14-26-32(30,31)16-18-9-11-19(12-10-18)27-25(29)24-20-6-4-5-7-22(20)28-23-13-8-17(2)15-21(23)24/h3,8-13,15,26H,1,4-7,14,16H2,2H3,(H,27,29). The third kappa shape index (κ3) is 4.89. The molecule has 1 amide bonds. The van der Waals surface area contributed by atoms with Crippen LogP contribution in [0.1, 0.15) is 45.6 Å². The molecule has 0 unspecified atom stereocenters. The monoisotopic (exact) mass is 449 g/mol. The molecule has 2 N–H and O–H groups in total. The van der Waals surface area contributed by atoms with Crippen molar-refractivity contribution in [1.29, 1.82) is 0 Å². The number of hydrogen-bond donors (Lipinski definition) is 2. The molecule has 1 heterocycles. The number of amides is 1. The van der Waals surface area contributed by atoms with E-state index in [1.165, 1.54) is 6.08 Å². The van der Waals surface area contributed by atoms with E-state index in [9.17, 15) is 13.2 Å². The first kappa shape index (κ1) is 22.2. The minimum atomic E-state index is -3.43. The molecule has 1 aromatic heterocycles. The molecule has 0 bridgehead atoms. The van der Waals surface area contributed by atoms with E-state index >= 15 is 0 Å². The summed E-state index contributed by atoms with van der Waals surface area (Å²) in [6, 6.07) is 12.9. The van der Waals surface area contributed by atoms with Crippen LogP contribution in [0.5, 0.6) is 0 Å². The van der Waals surface area contributed by atoms with Gasteiger partial charge in [0.25, 0.3) is 5.91 Å². The van der Waals surface area contributed by atoms with Gasteiger partial charge in [0.05, 0.1) is 16.8 Å². The van der Waals surface area contributed by atoms with E-state index in [-0.39, 0.29) is 18.2 Å². The van der Waals surface area contributed by atoms with Crippen LogP contribution in [0, 0.1) is 6.92 Å². The fourth-order valence-corrected chi connectivity index (χ4v) is 5.24. The first-order valence-electron chi connectivity index (χ1n) is 10.8. The zero-order valence-corrected chi connectivity index (χ0v) is 19.0. The van der Waals surface area contributed by atoms with Crippen molar-refractivity contribution in [2.75, 3.05) is 11.9 Å². The number of hydrogen-bond acceptors (Lipinski definition) is 4. The second-order valence-corrected chi connectivity index (χ2v) is 9.99. The molecule has 0 atom stereocenters. The number of sulfonamides is 1. The molecule has 4 rings (SSSR count). The van der Waals surface area contributed by atoms with Crippen LogP contribution in [0.15, 0.2) is 55.1 Å². The molecule has 6 nitrogen and oxygen atoms in total. The molecule has 1 aliphatic carbocycles. The zero-order chi connectivity index (χ0) is 22.7. The van der Waals surface area contributed by atoms with Crippen molar-refractivity contribution in [1.82, 2.24) is 9.71 Å². The lowest BCUT2D eigenvalue weighted by molar-refractivity contribution is 0.102. The molecule has 0 aliphatic heterocycles. The van der Waals surface area contributed by atoms with Crippen LogP contribution in [0.2, 0.25) is 0 Å². The highest BCUT2D eigenvalue weighted by Crippen LogP contribution is 2.30. The Bertz CT molecular complexity index is 1280. The minimum Gasteiger partial charge on any atom is -0.322 e. The number of nitrogens with one attached hydrogen (secondary N) is 2. The van der Waals surface area contributed by atoms with Gasteiger partial charge in [0.2, 0.25) is 10.0 Å². The van der Waals surface area contributed by atoms with Gasteiger partial charge in [-0.2, -0.15) is 0 Å². The Balaban J connectivity index is 1.60. The Morgan fingerprint density at radius 1 is 1.12 bits per heavy atom. The van der Waals surface area contributed by atoms with Gasteiger partial charge in [-0.3, -0.25) is 9.78 Å². The van der Waals surface area contributed by atoms with Crippen LogP contribution in [-0.4, -0.2) is 25.9 Å². The number of fused-ring (bicyclic) bond motifs is 2. The van der Waals surface area contributed by atoms with Crippen molar-refractivity contribution in [3.05, 3.63) is 83.1 Å². The smallest absolute Gasteiger partial charge is 0.256 e. The summed E-state index contributed by atoms with van der Waals surface area (Å²) < 4.78 is 26.6. The molecular formula is C25H27N3O3S. The summed E-state index contributed by atoms with van der Waals surface area (Å²) in [6.45, 7) is 5.72. The zero-order valence-electron chi connectivity index (χ0n) is 18.1. The third-order valence-corrected chi connectivity index (χ3v) is 6.98. The van der Waals surface area contributed by atoms with Gasteiger partial charge in [-0.15, -0.1) is 6.58 Å². The SMILES string of the molecule is C=CCNS(=O)(=O)Cc1ccc(NC(=O)c2c3c(nc4ccc(C)cc24)CCCC3)cc1. The quantitative estimate of drug-likeness (QED) is 0.527. The Morgan fingerprint density at radius 3 is 2.62 bits per heavy atom. The Kier molecular flexibility index (Phi) is 6.39. The molecule has 0 saturated carbocycles. The summed E-state index contributed by atoms with van der Waals surface area (Å²) in [7, 11) is -3.43. The number of benzene rings is 2. The van der Waals surface area contributed by atoms with Gasteiger partial charge in [0.1, 0.15) is 0 Å². The van der Waals surface area contributed by atoms with E-state index in [0.29, 0.717) is 16.8 Å². The maximum Gasteiger partial charge on any atom is 0.256 e. The first-order valence-corrected chi connectivity index (χ1v) is 12.4. The second-order valence-electron chi connectivity index (χ2n) is 8.19. The lowest BCUT2D eigenvalue weighted by Crippen LogP contribution is -2.25. The van der Waals surface area contributed by atoms with Gasteiger partial charge in [0.15, 0.2) is 0 Å². The molecule has 0 radical (unpaired) electrons. The predicted molar refractivity (Wildman–Crippen MR) is 128 cm³/mol. The minimum absolute atomic E-state index is 0.128. The van der Waals surface area contributed by atoms with Crippen molar-refractivity contribution in [3.63, 3.8) is 0 Å². The van der Waals surface area contributed by atoms with E-state index in [1.54, 1.807) is 24.3 Å². The van der Waals surface area contributed by atoms with Crippen LogP contribution in [0.3, 0.4) is 0 Å². The molecule has 0 fully saturated rings. The van der Waals surface area contributed by atoms with Gasteiger partial charge in [-0.1, -0.05) is 29.8 Å². The van der Waals surface area contributed by atoms with Gasteiger partial charge in [-0.05, 0) is 68.0 Å².